The molecule has 2 aromatic carbocycles. The van der Waals surface area contributed by atoms with Gasteiger partial charge in [-0.2, -0.15) is 0 Å². The molecule has 0 radical (unpaired) electrons. The van der Waals surface area contributed by atoms with E-state index >= 15 is 0 Å². The van der Waals surface area contributed by atoms with Crippen molar-refractivity contribution in [2.45, 2.75) is 6.42 Å². The predicted octanol–water partition coefficient (Wildman–Crippen LogP) is 3.48. The molecule has 0 unspecified atom stereocenters. The van der Waals surface area contributed by atoms with E-state index in [1.54, 1.807) is 12.1 Å². The van der Waals surface area contributed by atoms with Crippen LogP contribution >= 0.6 is 0 Å². The Morgan fingerprint density at radius 3 is 2.72 bits per heavy atom. The standard InChI is InChI=1S/C16H12O2/c17-16(13-5-2-1-3-6-13)18-15-10-9-12-7-4-8-14(12)11-15/h1-6,8-11H,7H2. The van der Waals surface area contributed by atoms with E-state index in [0.717, 1.165) is 12.0 Å². The highest BCUT2D eigenvalue weighted by atomic mass is 16.5. The molecule has 1 aliphatic carbocycles. The first-order chi connectivity index (χ1) is 8.83. The number of hydrogen-bond acceptors (Lipinski definition) is 2. The van der Waals surface area contributed by atoms with E-state index in [1.807, 2.05) is 36.4 Å². The number of benzene rings is 2. The zero-order chi connectivity index (χ0) is 12.4. The van der Waals surface area contributed by atoms with Crippen molar-refractivity contribution in [1.29, 1.82) is 0 Å². The van der Waals surface area contributed by atoms with Crippen LogP contribution in [0.2, 0.25) is 0 Å². The topological polar surface area (TPSA) is 26.3 Å². The average molecular weight is 236 g/mol. The van der Waals surface area contributed by atoms with Crippen molar-refractivity contribution in [3.63, 3.8) is 0 Å². The predicted molar refractivity (Wildman–Crippen MR) is 70.6 cm³/mol. The summed E-state index contributed by atoms with van der Waals surface area (Å²) in [4.78, 5) is 11.9. The maximum Gasteiger partial charge on any atom is 0.343 e. The van der Waals surface area contributed by atoms with Crippen molar-refractivity contribution in [1.82, 2.24) is 0 Å². The molecule has 0 aromatic heterocycles. The van der Waals surface area contributed by atoms with E-state index in [1.165, 1.54) is 5.56 Å². The molecule has 0 saturated heterocycles. The van der Waals surface area contributed by atoms with Crippen molar-refractivity contribution in [2.24, 2.45) is 0 Å². The van der Waals surface area contributed by atoms with Gasteiger partial charge in [-0.25, -0.2) is 4.79 Å². The summed E-state index contributed by atoms with van der Waals surface area (Å²) < 4.78 is 5.35. The molecule has 2 aromatic rings. The molecule has 0 bridgehead atoms. The number of carbonyl (C=O) groups excluding carboxylic acids is 1. The Kier molecular flexibility index (Phi) is 2.69. The monoisotopic (exact) mass is 236 g/mol. The van der Waals surface area contributed by atoms with Gasteiger partial charge in [-0.3, -0.25) is 0 Å². The number of allylic oxidation sites excluding steroid dienone is 1. The second kappa shape index (κ2) is 4.49. The Hall–Kier alpha value is -2.35. The fourth-order valence-corrected chi connectivity index (χ4v) is 2.03. The van der Waals surface area contributed by atoms with Crippen molar-refractivity contribution >= 4 is 12.0 Å². The molecule has 88 valence electrons. The van der Waals surface area contributed by atoms with Crippen molar-refractivity contribution in [2.75, 3.05) is 0 Å². The zero-order valence-corrected chi connectivity index (χ0v) is 9.80. The Labute approximate surface area is 106 Å². The lowest BCUT2D eigenvalue weighted by atomic mass is 10.1. The third-order valence-electron chi connectivity index (χ3n) is 2.97. The molecule has 3 rings (SSSR count). The molecule has 0 spiro atoms. The Balaban J connectivity index is 1.81. The summed E-state index contributed by atoms with van der Waals surface area (Å²) in [6.45, 7) is 0. The molecule has 2 nitrogen and oxygen atoms in total. The maximum absolute atomic E-state index is 11.9. The highest BCUT2D eigenvalue weighted by molar-refractivity contribution is 5.91. The molecule has 18 heavy (non-hydrogen) atoms. The minimum absolute atomic E-state index is 0.322. The molecule has 0 amide bonds. The van der Waals surface area contributed by atoms with E-state index in [2.05, 4.69) is 12.2 Å². The molecule has 0 fully saturated rings. The lowest BCUT2D eigenvalue weighted by Gasteiger charge is -2.06. The van der Waals surface area contributed by atoms with Crippen molar-refractivity contribution < 1.29 is 9.53 Å². The molecule has 0 saturated carbocycles. The van der Waals surface area contributed by atoms with Gasteiger partial charge < -0.3 is 4.74 Å². The van der Waals surface area contributed by atoms with Crippen LogP contribution in [0.4, 0.5) is 0 Å². The summed E-state index contributed by atoms with van der Waals surface area (Å²) in [6, 6.07) is 14.8. The first kappa shape index (κ1) is 10.8. The van der Waals surface area contributed by atoms with Gasteiger partial charge >= 0.3 is 5.97 Å². The number of esters is 1. The van der Waals surface area contributed by atoms with Gasteiger partial charge in [-0.1, -0.05) is 36.4 Å². The van der Waals surface area contributed by atoms with Gasteiger partial charge in [0.1, 0.15) is 5.75 Å². The summed E-state index contributed by atoms with van der Waals surface area (Å²) in [5.41, 5.74) is 2.97. The summed E-state index contributed by atoms with van der Waals surface area (Å²) in [5, 5.41) is 0. The summed E-state index contributed by atoms with van der Waals surface area (Å²) in [5.74, 6) is 0.270. The quantitative estimate of drug-likeness (QED) is 0.589. The summed E-state index contributed by atoms with van der Waals surface area (Å²) >= 11 is 0. The number of carbonyl (C=O) groups is 1. The number of fused-ring (bicyclic) bond motifs is 1. The van der Waals surface area contributed by atoms with Gasteiger partial charge in [0.2, 0.25) is 0 Å². The SMILES string of the molecule is O=C(Oc1ccc2c(c1)C=CC2)c1ccccc1. The minimum Gasteiger partial charge on any atom is -0.423 e. The first-order valence-electron chi connectivity index (χ1n) is 5.89. The van der Waals surface area contributed by atoms with E-state index < -0.39 is 0 Å². The lowest BCUT2D eigenvalue weighted by molar-refractivity contribution is 0.0735. The molecule has 1 aliphatic rings. The minimum atomic E-state index is -0.322. The molecule has 2 heteroatoms. The molecule has 0 heterocycles. The van der Waals surface area contributed by atoms with Crippen LogP contribution in [0, 0.1) is 0 Å². The van der Waals surface area contributed by atoms with Crippen LogP contribution in [0.25, 0.3) is 6.08 Å². The third-order valence-corrected chi connectivity index (χ3v) is 2.97. The Bertz CT molecular complexity index is 612. The number of ether oxygens (including phenoxy) is 1. The Morgan fingerprint density at radius 1 is 1.06 bits per heavy atom. The fourth-order valence-electron chi connectivity index (χ4n) is 2.03. The van der Waals surface area contributed by atoms with Gasteiger partial charge in [0, 0.05) is 0 Å². The molecule has 0 aliphatic heterocycles. The van der Waals surface area contributed by atoms with Crippen LogP contribution in [0.15, 0.2) is 54.6 Å². The van der Waals surface area contributed by atoms with Gasteiger partial charge in [0.15, 0.2) is 0 Å². The third kappa shape index (κ3) is 2.05. The van der Waals surface area contributed by atoms with Crippen LogP contribution in [-0.2, 0) is 6.42 Å². The largest absolute Gasteiger partial charge is 0.423 e. The van der Waals surface area contributed by atoms with Gasteiger partial charge in [0.25, 0.3) is 0 Å². The van der Waals surface area contributed by atoms with Gasteiger partial charge in [-0.15, -0.1) is 0 Å². The van der Waals surface area contributed by atoms with Crippen LogP contribution < -0.4 is 4.74 Å². The van der Waals surface area contributed by atoms with E-state index in [9.17, 15) is 4.79 Å². The van der Waals surface area contributed by atoms with Crippen LogP contribution in [0.5, 0.6) is 5.75 Å². The molecular weight excluding hydrogens is 224 g/mol. The van der Waals surface area contributed by atoms with Gasteiger partial charge in [-0.05, 0) is 41.8 Å². The van der Waals surface area contributed by atoms with Gasteiger partial charge in [0.05, 0.1) is 5.56 Å². The average Bonchev–Trinajstić information content (AvgIpc) is 2.87. The Morgan fingerprint density at radius 2 is 1.89 bits per heavy atom. The summed E-state index contributed by atoms with van der Waals surface area (Å²) in [7, 11) is 0. The lowest BCUT2D eigenvalue weighted by Crippen LogP contribution is -2.08. The fraction of sp³-hybridized carbons (Fsp3) is 0.0625. The van der Waals surface area contributed by atoms with Crippen LogP contribution in [-0.4, -0.2) is 5.97 Å². The smallest absolute Gasteiger partial charge is 0.343 e. The second-order valence-electron chi connectivity index (χ2n) is 4.22. The molecular formula is C16H12O2. The molecule has 0 atom stereocenters. The molecule has 0 N–H and O–H groups in total. The first-order valence-corrected chi connectivity index (χ1v) is 5.89. The highest BCUT2D eigenvalue weighted by Gasteiger charge is 2.10. The highest BCUT2D eigenvalue weighted by Crippen LogP contribution is 2.24. The second-order valence-corrected chi connectivity index (χ2v) is 4.22. The van der Waals surface area contributed by atoms with Crippen LogP contribution in [0.3, 0.4) is 0 Å². The van der Waals surface area contributed by atoms with Crippen molar-refractivity contribution in [3.05, 3.63) is 71.3 Å². The van der Waals surface area contributed by atoms with Crippen molar-refractivity contribution in [3.8, 4) is 5.75 Å². The van der Waals surface area contributed by atoms with Crippen LogP contribution in [0.1, 0.15) is 21.5 Å². The van der Waals surface area contributed by atoms with E-state index in [-0.39, 0.29) is 5.97 Å². The zero-order valence-electron chi connectivity index (χ0n) is 9.80. The maximum atomic E-state index is 11.9. The van der Waals surface area contributed by atoms with E-state index in [4.69, 9.17) is 4.74 Å². The number of rotatable bonds is 2. The van der Waals surface area contributed by atoms with E-state index in [0.29, 0.717) is 11.3 Å². The number of hydrogen-bond donors (Lipinski definition) is 0. The summed E-state index contributed by atoms with van der Waals surface area (Å²) in [6.07, 6.45) is 5.12. The normalized spacial score (nSPS) is 12.2.